The van der Waals surface area contributed by atoms with Gasteiger partial charge in [0, 0.05) is 29.7 Å². The van der Waals surface area contributed by atoms with Gasteiger partial charge in [-0.05, 0) is 55.7 Å². The number of aromatic nitrogens is 2. The van der Waals surface area contributed by atoms with Gasteiger partial charge >= 0.3 is 6.03 Å². The van der Waals surface area contributed by atoms with Crippen LogP contribution in [0.15, 0.2) is 73.6 Å². The lowest BCUT2D eigenvalue weighted by Crippen LogP contribution is -2.35. The van der Waals surface area contributed by atoms with E-state index in [9.17, 15) is 9.59 Å². The molecule has 4 heterocycles. The number of carbonyl (C=O) groups is 2. The van der Waals surface area contributed by atoms with Crippen molar-refractivity contribution in [2.75, 3.05) is 10.2 Å². The summed E-state index contributed by atoms with van der Waals surface area (Å²) in [6, 6.07) is 15.0. The summed E-state index contributed by atoms with van der Waals surface area (Å²) >= 11 is 1.57. The number of nitrogens with zero attached hydrogens (tertiary/aromatic N) is 3. The van der Waals surface area contributed by atoms with Crippen LogP contribution in [0.25, 0.3) is 10.2 Å². The number of amides is 3. The predicted octanol–water partition coefficient (Wildman–Crippen LogP) is 5.48. The van der Waals surface area contributed by atoms with Crippen LogP contribution in [0.2, 0.25) is 0 Å². The summed E-state index contributed by atoms with van der Waals surface area (Å²) in [6.45, 7) is 4.12. The van der Waals surface area contributed by atoms with Gasteiger partial charge in [-0.1, -0.05) is 24.8 Å². The van der Waals surface area contributed by atoms with E-state index in [-0.39, 0.29) is 24.0 Å². The first-order chi connectivity index (χ1) is 18.6. The number of pyridine rings is 2. The van der Waals surface area contributed by atoms with Gasteiger partial charge in [-0.15, -0.1) is 11.3 Å². The largest absolute Gasteiger partial charge is 0.456 e. The molecule has 1 aliphatic carbocycles. The minimum atomic E-state index is -0.276. The number of nitrogens with one attached hydrogen (secondary N) is 3. The number of rotatable bonds is 8. The topological polar surface area (TPSA) is 108 Å². The Hall–Kier alpha value is -4.28. The molecule has 0 saturated heterocycles. The van der Waals surface area contributed by atoms with Crippen LogP contribution in [0, 0.1) is 0 Å². The zero-order chi connectivity index (χ0) is 26.1. The third-order valence-corrected chi connectivity index (χ3v) is 7.86. The zero-order valence-electron chi connectivity index (χ0n) is 20.5. The molecule has 2 aliphatic rings. The number of hydrogen-bond acceptors (Lipinski definition) is 7. The highest BCUT2D eigenvalue weighted by atomic mass is 32.1. The molecule has 3 aromatic heterocycles. The summed E-state index contributed by atoms with van der Waals surface area (Å²) in [5.41, 5.74) is 1.54. The molecular weight excluding hydrogens is 500 g/mol. The standard InChI is InChI=1S/C28H26N6O3S/c1-2-24(35)32-18-9-8-17(14-18)30-16-22-26-25-21(12-13-29-27(25)38-22)34(28(36)33-26)23-11-10-20(15-31-23)37-19-6-4-3-5-7-19/h2-7,10-13,15,17-18,30H,1,8-9,14,16H2,(H,32,35)(H,33,36)/t17-,18+/m1/s1. The molecule has 3 amide bonds. The molecule has 0 spiro atoms. The van der Waals surface area contributed by atoms with E-state index >= 15 is 0 Å². The van der Waals surface area contributed by atoms with Gasteiger partial charge in [-0.25, -0.2) is 19.7 Å². The number of benzene rings is 1. The Bertz CT molecular complexity index is 1500. The molecule has 1 aliphatic heterocycles. The smallest absolute Gasteiger partial charge is 0.332 e. The molecule has 0 radical (unpaired) electrons. The lowest BCUT2D eigenvalue weighted by molar-refractivity contribution is -0.117. The second-order valence-electron chi connectivity index (χ2n) is 9.24. The fourth-order valence-corrected chi connectivity index (χ4v) is 6.05. The first kappa shape index (κ1) is 24.1. The first-order valence-corrected chi connectivity index (χ1v) is 13.3. The van der Waals surface area contributed by atoms with E-state index in [2.05, 4.69) is 32.5 Å². The van der Waals surface area contributed by atoms with Gasteiger partial charge in [0.25, 0.3) is 0 Å². The van der Waals surface area contributed by atoms with E-state index in [1.165, 1.54) is 6.08 Å². The maximum Gasteiger partial charge on any atom is 0.332 e. The van der Waals surface area contributed by atoms with Crippen molar-refractivity contribution in [3.63, 3.8) is 0 Å². The van der Waals surface area contributed by atoms with Crippen LogP contribution in [0.1, 0.15) is 24.1 Å². The summed E-state index contributed by atoms with van der Waals surface area (Å²) in [5.74, 6) is 1.65. The van der Waals surface area contributed by atoms with Gasteiger partial charge in [-0.2, -0.15) is 0 Å². The highest BCUT2D eigenvalue weighted by Crippen LogP contribution is 2.45. The number of thiophene rings is 1. The van der Waals surface area contributed by atoms with Crippen molar-refractivity contribution in [1.82, 2.24) is 20.6 Å². The van der Waals surface area contributed by atoms with E-state index < -0.39 is 0 Å². The number of carbonyl (C=O) groups excluding carboxylic acids is 2. The van der Waals surface area contributed by atoms with Crippen LogP contribution >= 0.6 is 11.3 Å². The van der Waals surface area contributed by atoms with Crippen molar-refractivity contribution in [3.05, 3.63) is 78.5 Å². The maximum absolute atomic E-state index is 13.3. The Morgan fingerprint density at radius 3 is 2.76 bits per heavy atom. The lowest BCUT2D eigenvalue weighted by atomic mass is 10.1. The van der Waals surface area contributed by atoms with Crippen molar-refractivity contribution in [2.24, 2.45) is 0 Å². The fraction of sp³-hybridized carbons (Fsp3) is 0.214. The molecule has 1 fully saturated rings. The van der Waals surface area contributed by atoms with Gasteiger partial charge in [0.2, 0.25) is 5.91 Å². The molecule has 1 aromatic carbocycles. The van der Waals surface area contributed by atoms with Crippen LogP contribution in [0.3, 0.4) is 0 Å². The van der Waals surface area contributed by atoms with Crippen molar-refractivity contribution in [2.45, 2.75) is 37.9 Å². The Morgan fingerprint density at radius 2 is 1.97 bits per heavy atom. The molecular formula is C28H26N6O3S. The number of para-hydroxylation sites is 1. The second-order valence-corrected chi connectivity index (χ2v) is 10.3. The number of urea groups is 1. The van der Waals surface area contributed by atoms with Crippen molar-refractivity contribution >= 4 is 50.7 Å². The Kier molecular flexibility index (Phi) is 6.48. The highest BCUT2D eigenvalue weighted by Gasteiger charge is 2.32. The molecule has 9 nitrogen and oxygen atoms in total. The highest BCUT2D eigenvalue weighted by molar-refractivity contribution is 7.19. The summed E-state index contributed by atoms with van der Waals surface area (Å²) in [5, 5.41) is 10.6. The van der Waals surface area contributed by atoms with E-state index in [0.717, 1.165) is 45.7 Å². The Labute approximate surface area is 223 Å². The quantitative estimate of drug-likeness (QED) is 0.262. The van der Waals surface area contributed by atoms with E-state index in [0.29, 0.717) is 23.9 Å². The third-order valence-electron chi connectivity index (χ3n) is 6.76. The van der Waals surface area contributed by atoms with Crippen LogP contribution in [-0.4, -0.2) is 34.0 Å². The molecule has 4 aromatic rings. The number of anilines is 3. The van der Waals surface area contributed by atoms with Crippen LogP contribution < -0.4 is 25.6 Å². The fourth-order valence-electron chi connectivity index (χ4n) is 4.98. The molecule has 3 N–H and O–H groups in total. The molecule has 38 heavy (non-hydrogen) atoms. The van der Waals surface area contributed by atoms with Crippen molar-refractivity contribution < 1.29 is 14.3 Å². The molecule has 192 valence electrons. The normalized spacial score (nSPS) is 18.3. The van der Waals surface area contributed by atoms with Crippen LogP contribution in [-0.2, 0) is 11.3 Å². The molecule has 0 bridgehead atoms. The maximum atomic E-state index is 13.3. The molecule has 10 heteroatoms. The summed E-state index contributed by atoms with van der Waals surface area (Å²) in [7, 11) is 0. The lowest BCUT2D eigenvalue weighted by Gasteiger charge is -2.27. The average Bonchev–Trinajstić information content (AvgIpc) is 3.53. The Morgan fingerprint density at radius 1 is 1.13 bits per heavy atom. The molecule has 0 unspecified atom stereocenters. The molecule has 1 saturated carbocycles. The SMILES string of the molecule is C=CC(=O)N[C@H]1CC[C@@H](NCc2sc3nccc4c3c2NC(=O)N4c2ccc(Oc3ccccc3)cn2)C1. The van der Waals surface area contributed by atoms with Crippen molar-refractivity contribution in [1.29, 1.82) is 0 Å². The zero-order valence-corrected chi connectivity index (χ0v) is 21.3. The van der Waals surface area contributed by atoms with Crippen LogP contribution in [0.4, 0.5) is 22.0 Å². The van der Waals surface area contributed by atoms with Gasteiger partial charge in [0.15, 0.2) is 0 Å². The third kappa shape index (κ3) is 4.71. The number of ether oxygens (including phenoxy) is 1. The Balaban J connectivity index is 1.20. The average molecular weight is 527 g/mol. The minimum absolute atomic E-state index is 0.136. The van der Waals surface area contributed by atoms with E-state index in [1.54, 1.807) is 40.8 Å². The van der Waals surface area contributed by atoms with Gasteiger partial charge < -0.3 is 20.7 Å². The van der Waals surface area contributed by atoms with Crippen molar-refractivity contribution in [3.8, 4) is 11.5 Å². The van der Waals surface area contributed by atoms with E-state index in [1.807, 2.05) is 36.4 Å². The predicted molar refractivity (Wildman–Crippen MR) is 148 cm³/mol. The monoisotopic (exact) mass is 526 g/mol. The van der Waals surface area contributed by atoms with Gasteiger partial charge in [-0.3, -0.25) is 4.79 Å². The summed E-state index contributed by atoms with van der Waals surface area (Å²) in [4.78, 5) is 37.5. The number of hydrogen-bond donors (Lipinski definition) is 3. The summed E-state index contributed by atoms with van der Waals surface area (Å²) in [6.07, 6.45) is 7.40. The van der Waals surface area contributed by atoms with Crippen LogP contribution in [0.5, 0.6) is 11.5 Å². The minimum Gasteiger partial charge on any atom is -0.456 e. The van der Waals surface area contributed by atoms with Gasteiger partial charge in [0.1, 0.15) is 22.1 Å². The second kappa shape index (κ2) is 10.2. The molecule has 6 rings (SSSR count). The summed E-state index contributed by atoms with van der Waals surface area (Å²) < 4.78 is 5.84. The molecule has 2 atom stereocenters. The first-order valence-electron chi connectivity index (χ1n) is 12.5. The van der Waals surface area contributed by atoms with E-state index in [4.69, 9.17) is 4.74 Å². The van der Waals surface area contributed by atoms with Gasteiger partial charge in [0.05, 0.1) is 23.0 Å².